The zero-order valence-electron chi connectivity index (χ0n) is 17.2. The molecule has 4 nitrogen and oxygen atoms in total. The number of nitrogens with zero attached hydrogens (tertiary/aromatic N) is 1. The van der Waals surface area contributed by atoms with Crippen molar-refractivity contribution in [1.29, 1.82) is 0 Å². The maximum Gasteiger partial charge on any atom is 0.322 e. The highest BCUT2D eigenvalue weighted by Gasteiger charge is 2.14. The fourth-order valence-electron chi connectivity index (χ4n) is 3.02. The minimum atomic E-state index is -0.130. The third-order valence-electron chi connectivity index (χ3n) is 4.69. The quantitative estimate of drug-likeness (QED) is 0.414. The van der Waals surface area contributed by atoms with Crippen LogP contribution in [0.5, 0.6) is 5.75 Å². The van der Waals surface area contributed by atoms with E-state index in [1.165, 1.54) is 0 Å². The van der Waals surface area contributed by atoms with Gasteiger partial charge in [-0.15, -0.1) is 0 Å². The molecule has 3 rings (SSSR count). The Hall–Kier alpha value is -2.98. The van der Waals surface area contributed by atoms with Gasteiger partial charge in [-0.1, -0.05) is 73.5 Å². The molecule has 30 heavy (non-hydrogen) atoms. The Morgan fingerprint density at radius 2 is 1.73 bits per heavy atom. The van der Waals surface area contributed by atoms with Gasteiger partial charge in [-0.2, -0.15) is 0 Å². The first-order valence-corrected chi connectivity index (χ1v) is 10.6. The SMILES string of the molecule is CCCCN(Cc1ccc(OCc2ccccc2)cc1)C(=O)Nc1cccc(Cl)c1. The fraction of sp³-hybridized carbons (Fsp3) is 0.240. The number of anilines is 1. The van der Waals surface area contributed by atoms with Crippen molar-refractivity contribution < 1.29 is 9.53 Å². The first kappa shape index (κ1) is 21.7. The molecule has 0 saturated heterocycles. The molecule has 156 valence electrons. The number of halogens is 1. The maximum absolute atomic E-state index is 12.8. The van der Waals surface area contributed by atoms with Crippen molar-refractivity contribution in [2.24, 2.45) is 0 Å². The number of carbonyl (C=O) groups is 1. The number of benzene rings is 3. The van der Waals surface area contributed by atoms with Crippen molar-refractivity contribution in [3.63, 3.8) is 0 Å². The van der Waals surface area contributed by atoms with Crippen LogP contribution in [0.15, 0.2) is 78.9 Å². The largest absolute Gasteiger partial charge is 0.489 e. The van der Waals surface area contributed by atoms with E-state index in [0.29, 0.717) is 30.4 Å². The number of carbonyl (C=O) groups excluding carboxylic acids is 1. The summed E-state index contributed by atoms with van der Waals surface area (Å²) in [4.78, 5) is 14.6. The molecule has 0 bridgehead atoms. The molecule has 0 atom stereocenters. The molecule has 0 saturated carbocycles. The van der Waals surface area contributed by atoms with E-state index >= 15 is 0 Å². The summed E-state index contributed by atoms with van der Waals surface area (Å²) >= 11 is 6.02. The van der Waals surface area contributed by atoms with Gasteiger partial charge in [0.05, 0.1) is 0 Å². The Balaban J connectivity index is 1.60. The lowest BCUT2D eigenvalue weighted by molar-refractivity contribution is 0.208. The molecule has 0 spiro atoms. The van der Waals surface area contributed by atoms with Gasteiger partial charge in [0.1, 0.15) is 12.4 Å². The van der Waals surface area contributed by atoms with Crippen molar-refractivity contribution in [1.82, 2.24) is 4.90 Å². The summed E-state index contributed by atoms with van der Waals surface area (Å²) in [7, 11) is 0. The van der Waals surface area contributed by atoms with Gasteiger partial charge < -0.3 is 15.0 Å². The van der Waals surface area contributed by atoms with E-state index in [0.717, 1.165) is 29.7 Å². The molecule has 0 aliphatic heterocycles. The summed E-state index contributed by atoms with van der Waals surface area (Å²) in [5.74, 6) is 0.811. The van der Waals surface area contributed by atoms with Gasteiger partial charge >= 0.3 is 6.03 Å². The van der Waals surface area contributed by atoms with E-state index in [2.05, 4.69) is 12.2 Å². The highest BCUT2D eigenvalue weighted by Crippen LogP contribution is 2.18. The molecule has 0 unspecified atom stereocenters. The van der Waals surface area contributed by atoms with Crippen LogP contribution in [0.2, 0.25) is 5.02 Å². The second kappa shape index (κ2) is 11.3. The van der Waals surface area contributed by atoms with Gasteiger partial charge in [-0.05, 0) is 47.9 Å². The molecule has 0 heterocycles. The van der Waals surface area contributed by atoms with Gasteiger partial charge in [-0.25, -0.2) is 4.79 Å². The minimum Gasteiger partial charge on any atom is -0.489 e. The highest BCUT2D eigenvalue weighted by molar-refractivity contribution is 6.30. The standard InChI is InChI=1S/C25H27ClN2O2/c1-2-3-16-28(25(29)27-23-11-7-10-22(26)17-23)18-20-12-14-24(15-13-20)30-19-21-8-5-4-6-9-21/h4-15,17H,2-3,16,18-19H2,1H3,(H,27,29). The predicted molar refractivity (Wildman–Crippen MR) is 123 cm³/mol. The van der Waals surface area contributed by atoms with Gasteiger partial charge in [-0.3, -0.25) is 0 Å². The van der Waals surface area contributed by atoms with E-state index in [1.54, 1.807) is 12.1 Å². The fourth-order valence-corrected chi connectivity index (χ4v) is 3.21. The molecule has 0 aliphatic carbocycles. The number of urea groups is 1. The number of rotatable bonds is 9. The monoisotopic (exact) mass is 422 g/mol. The summed E-state index contributed by atoms with van der Waals surface area (Å²) < 4.78 is 5.85. The third kappa shape index (κ3) is 6.82. The molecule has 5 heteroatoms. The number of unbranched alkanes of at least 4 members (excludes halogenated alkanes) is 1. The van der Waals surface area contributed by atoms with E-state index in [4.69, 9.17) is 16.3 Å². The van der Waals surface area contributed by atoms with E-state index < -0.39 is 0 Å². The summed E-state index contributed by atoms with van der Waals surface area (Å²) in [6.07, 6.45) is 1.97. The summed E-state index contributed by atoms with van der Waals surface area (Å²) in [6, 6.07) is 25.0. The van der Waals surface area contributed by atoms with E-state index in [-0.39, 0.29) is 6.03 Å². The van der Waals surface area contributed by atoms with Gasteiger partial charge in [0.15, 0.2) is 0 Å². The van der Waals surface area contributed by atoms with Crippen molar-refractivity contribution in [3.05, 3.63) is 95.0 Å². The number of nitrogens with one attached hydrogen (secondary N) is 1. The normalized spacial score (nSPS) is 10.5. The first-order chi connectivity index (χ1) is 14.6. The zero-order valence-corrected chi connectivity index (χ0v) is 17.9. The number of hydrogen-bond donors (Lipinski definition) is 1. The lowest BCUT2D eigenvalue weighted by Crippen LogP contribution is -2.35. The zero-order chi connectivity index (χ0) is 21.2. The van der Waals surface area contributed by atoms with Crippen molar-refractivity contribution in [2.45, 2.75) is 32.9 Å². The van der Waals surface area contributed by atoms with E-state index in [9.17, 15) is 4.79 Å². The van der Waals surface area contributed by atoms with Crippen LogP contribution in [0.4, 0.5) is 10.5 Å². The van der Waals surface area contributed by atoms with Crippen LogP contribution in [0, 0.1) is 0 Å². The Kier molecular flexibility index (Phi) is 8.16. The van der Waals surface area contributed by atoms with Crippen molar-refractivity contribution in [2.75, 3.05) is 11.9 Å². The molecule has 0 aliphatic rings. The average Bonchev–Trinajstić information content (AvgIpc) is 2.76. The van der Waals surface area contributed by atoms with Crippen LogP contribution in [0.3, 0.4) is 0 Å². The molecular formula is C25H27ClN2O2. The Labute approximate surface area is 183 Å². The van der Waals surface area contributed by atoms with Crippen LogP contribution < -0.4 is 10.1 Å². The number of ether oxygens (including phenoxy) is 1. The lowest BCUT2D eigenvalue weighted by Gasteiger charge is -2.23. The summed E-state index contributed by atoms with van der Waals surface area (Å²) in [5.41, 5.74) is 2.88. The third-order valence-corrected chi connectivity index (χ3v) is 4.92. The minimum absolute atomic E-state index is 0.130. The predicted octanol–water partition coefficient (Wildman–Crippen LogP) is 6.75. The number of hydrogen-bond acceptors (Lipinski definition) is 2. The molecular weight excluding hydrogens is 396 g/mol. The Bertz CT molecular complexity index is 929. The molecule has 2 amide bonds. The van der Waals surface area contributed by atoms with Crippen LogP contribution in [-0.4, -0.2) is 17.5 Å². The van der Waals surface area contributed by atoms with Gasteiger partial charge in [0.25, 0.3) is 0 Å². The van der Waals surface area contributed by atoms with Gasteiger partial charge in [0.2, 0.25) is 0 Å². The lowest BCUT2D eigenvalue weighted by atomic mass is 10.2. The first-order valence-electron chi connectivity index (χ1n) is 10.2. The molecule has 3 aromatic carbocycles. The second-order valence-electron chi connectivity index (χ2n) is 7.13. The average molecular weight is 423 g/mol. The van der Waals surface area contributed by atoms with E-state index in [1.807, 2.05) is 71.6 Å². The number of amides is 2. The topological polar surface area (TPSA) is 41.6 Å². The van der Waals surface area contributed by atoms with Crippen LogP contribution in [-0.2, 0) is 13.2 Å². The van der Waals surface area contributed by atoms with Crippen molar-refractivity contribution in [3.8, 4) is 5.75 Å². The maximum atomic E-state index is 12.8. The van der Waals surface area contributed by atoms with Crippen molar-refractivity contribution >= 4 is 23.3 Å². The molecule has 0 radical (unpaired) electrons. The van der Waals surface area contributed by atoms with Crippen LogP contribution >= 0.6 is 11.6 Å². The molecule has 1 N–H and O–H groups in total. The highest BCUT2D eigenvalue weighted by atomic mass is 35.5. The Morgan fingerprint density at radius 3 is 2.43 bits per heavy atom. The smallest absolute Gasteiger partial charge is 0.322 e. The molecule has 0 aromatic heterocycles. The molecule has 3 aromatic rings. The van der Waals surface area contributed by atoms with Crippen LogP contribution in [0.1, 0.15) is 30.9 Å². The molecule has 0 fully saturated rings. The summed E-state index contributed by atoms with van der Waals surface area (Å²) in [6.45, 7) is 3.87. The Morgan fingerprint density at radius 1 is 0.967 bits per heavy atom. The second-order valence-corrected chi connectivity index (χ2v) is 7.57. The van der Waals surface area contributed by atoms with Crippen LogP contribution in [0.25, 0.3) is 0 Å². The summed E-state index contributed by atoms with van der Waals surface area (Å²) in [5, 5.41) is 3.54. The van der Waals surface area contributed by atoms with Gasteiger partial charge in [0, 0.05) is 23.8 Å².